The van der Waals surface area contributed by atoms with Gasteiger partial charge in [0.1, 0.15) is 23.9 Å². The van der Waals surface area contributed by atoms with Crippen molar-refractivity contribution in [3.63, 3.8) is 0 Å². The van der Waals surface area contributed by atoms with Crippen LogP contribution in [0.15, 0.2) is 54.6 Å². The van der Waals surface area contributed by atoms with E-state index in [4.69, 9.17) is 4.74 Å². The summed E-state index contributed by atoms with van der Waals surface area (Å²) in [5.41, 5.74) is 2.01. The summed E-state index contributed by atoms with van der Waals surface area (Å²) in [6.45, 7) is 8.48. The van der Waals surface area contributed by atoms with Crippen molar-refractivity contribution in [2.75, 3.05) is 6.54 Å². The molecule has 2 aromatic carbocycles. The Morgan fingerprint density at radius 1 is 0.808 bits per heavy atom. The van der Waals surface area contributed by atoms with Gasteiger partial charge in [-0.15, -0.1) is 0 Å². The molecule has 11 nitrogen and oxygen atoms in total. The molecule has 0 aromatic heterocycles. The number of amides is 4. The molecule has 1 heterocycles. The SMILES string of the molecule is CC(C)CNC(=O)CC(O)C(CC1CCCCC1)NC(=O)[C@H](CC(C)C)NC(=O)[C@H](Cc1ccccc1)NC(=O)CCC1Cc2ccccc2O1.O. The van der Waals surface area contributed by atoms with E-state index in [0.717, 1.165) is 49.0 Å². The van der Waals surface area contributed by atoms with Crippen LogP contribution in [0, 0.1) is 17.8 Å². The first kappa shape index (κ1) is 42.5. The molecule has 11 heteroatoms. The molecule has 52 heavy (non-hydrogen) atoms. The summed E-state index contributed by atoms with van der Waals surface area (Å²) in [7, 11) is 0. The minimum atomic E-state index is -1.07. The first-order valence-electron chi connectivity index (χ1n) is 19.1. The van der Waals surface area contributed by atoms with Crippen molar-refractivity contribution < 1.29 is 34.5 Å². The third-order valence-electron chi connectivity index (χ3n) is 9.89. The molecule has 0 spiro atoms. The van der Waals surface area contributed by atoms with Crippen LogP contribution in [0.5, 0.6) is 5.75 Å². The Labute approximate surface area is 309 Å². The van der Waals surface area contributed by atoms with E-state index in [-0.39, 0.29) is 54.5 Å². The van der Waals surface area contributed by atoms with Crippen LogP contribution in [0.3, 0.4) is 0 Å². The van der Waals surface area contributed by atoms with Crippen molar-refractivity contribution >= 4 is 23.6 Å². The van der Waals surface area contributed by atoms with Gasteiger partial charge in [-0.25, -0.2) is 0 Å². The van der Waals surface area contributed by atoms with Crippen molar-refractivity contribution in [3.05, 3.63) is 65.7 Å². The van der Waals surface area contributed by atoms with E-state index in [1.54, 1.807) is 0 Å². The van der Waals surface area contributed by atoms with E-state index in [1.165, 1.54) is 6.42 Å². The quantitative estimate of drug-likeness (QED) is 0.145. The highest BCUT2D eigenvalue weighted by molar-refractivity contribution is 5.92. The summed E-state index contributed by atoms with van der Waals surface area (Å²) in [6, 6.07) is 14.9. The fourth-order valence-electron chi connectivity index (χ4n) is 7.11. The van der Waals surface area contributed by atoms with Crippen LogP contribution in [0.25, 0.3) is 0 Å². The number of para-hydroxylation sites is 1. The van der Waals surface area contributed by atoms with Crippen LogP contribution in [0.2, 0.25) is 0 Å². The number of nitrogens with one attached hydrogen (secondary N) is 4. The first-order valence-corrected chi connectivity index (χ1v) is 19.1. The van der Waals surface area contributed by atoms with Gasteiger partial charge < -0.3 is 36.6 Å². The molecule has 5 atom stereocenters. The predicted octanol–water partition coefficient (Wildman–Crippen LogP) is 4.18. The predicted molar refractivity (Wildman–Crippen MR) is 202 cm³/mol. The van der Waals surface area contributed by atoms with Gasteiger partial charge in [-0.05, 0) is 54.2 Å². The van der Waals surface area contributed by atoms with Gasteiger partial charge in [0.2, 0.25) is 23.6 Å². The van der Waals surface area contributed by atoms with Crippen molar-refractivity contribution in [2.45, 2.75) is 135 Å². The molecule has 1 saturated carbocycles. The lowest BCUT2D eigenvalue weighted by molar-refractivity contribution is -0.133. The zero-order valence-electron chi connectivity index (χ0n) is 31.5. The molecule has 0 bridgehead atoms. The van der Waals surface area contributed by atoms with E-state index in [1.807, 2.05) is 82.3 Å². The number of benzene rings is 2. The fourth-order valence-corrected chi connectivity index (χ4v) is 7.11. The number of carbonyl (C=O) groups is 4. The summed E-state index contributed by atoms with van der Waals surface area (Å²) >= 11 is 0. The topological polar surface area (TPSA) is 177 Å². The second kappa shape index (κ2) is 21.5. The zero-order chi connectivity index (χ0) is 36.8. The molecular weight excluding hydrogens is 660 g/mol. The van der Waals surface area contributed by atoms with E-state index >= 15 is 0 Å². The molecule has 1 aliphatic heterocycles. The van der Waals surface area contributed by atoms with Crippen molar-refractivity contribution in [1.82, 2.24) is 21.3 Å². The lowest BCUT2D eigenvalue weighted by atomic mass is 9.83. The molecule has 2 aromatic rings. The average molecular weight is 723 g/mol. The molecule has 1 fully saturated rings. The molecule has 2 aliphatic rings. The number of rotatable bonds is 19. The van der Waals surface area contributed by atoms with E-state index < -0.39 is 36.0 Å². The van der Waals surface area contributed by atoms with Gasteiger partial charge in [0.15, 0.2) is 0 Å². The first-order chi connectivity index (χ1) is 24.5. The number of ether oxygens (including phenoxy) is 1. The zero-order valence-corrected chi connectivity index (χ0v) is 31.5. The molecule has 1 aliphatic carbocycles. The van der Waals surface area contributed by atoms with Gasteiger partial charge in [-0.1, -0.05) is 108 Å². The highest BCUT2D eigenvalue weighted by Gasteiger charge is 2.33. The van der Waals surface area contributed by atoms with Gasteiger partial charge in [-0.3, -0.25) is 19.2 Å². The van der Waals surface area contributed by atoms with Crippen LogP contribution in [0.1, 0.15) is 103 Å². The van der Waals surface area contributed by atoms with Crippen molar-refractivity contribution in [1.29, 1.82) is 0 Å². The van der Waals surface area contributed by atoms with Gasteiger partial charge >= 0.3 is 0 Å². The van der Waals surface area contributed by atoms with Gasteiger partial charge in [0.25, 0.3) is 0 Å². The molecule has 4 rings (SSSR count). The number of hydrogen-bond acceptors (Lipinski definition) is 6. The van der Waals surface area contributed by atoms with Crippen LogP contribution in [-0.4, -0.2) is 71.1 Å². The van der Waals surface area contributed by atoms with Gasteiger partial charge in [-0.2, -0.15) is 0 Å². The molecule has 7 N–H and O–H groups in total. The summed E-state index contributed by atoms with van der Waals surface area (Å²) < 4.78 is 6.02. The Bertz CT molecular complexity index is 1390. The average Bonchev–Trinajstić information content (AvgIpc) is 3.53. The maximum absolute atomic E-state index is 14.0. The minimum Gasteiger partial charge on any atom is -0.490 e. The largest absolute Gasteiger partial charge is 0.490 e. The summed E-state index contributed by atoms with van der Waals surface area (Å²) in [5, 5.41) is 23.1. The summed E-state index contributed by atoms with van der Waals surface area (Å²) in [5.74, 6) is 0.168. The maximum atomic E-state index is 14.0. The maximum Gasteiger partial charge on any atom is 0.243 e. The Kier molecular flexibility index (Phi) is 17.6. The fraction of sp³-hybridized carbons (Fsp3) is 0.610. The Morgan fingerprint density at radius 3 is 2.15 bits per heavy atom. The molecule has 0 radical (unpaired) electrons. The smallest absolute Gasteiger partial charge is 0.243 e. The second-order valence-corrected chi connectivity index (χ2v) is 15.4. The highest BCUT2D eigenvalue weighted by Crippen LogP contribution is 2.30. The lowest BCUT2D eigenvalue weighted by Gasteiger charge is -2.32. The second-order valence-electron chi connectivity index (χ2n) is 15.4. The summed E-state index contributed by atoms with van der Waals surface area (Å²) in [4.78, 5) is 53.9. The van der Waals surface area contributed by atoms with E-state index in [2.05, 4.69) is 21.3 Å². The molecule has 0 saturated heterocycles. The van der Waals surface area contributed by atoms with E-state index in [0.29, 0.717) is 31.7 Å². The van der Waals surface area contributed by atoms with Crippen LogP contribution in [0.4, 0.5) is 0 Å². The van der Waals surface area contributed by atoms with Crippen LogP contribution >= 0.6 is 0 Å². The normalized spacial score (nSPS) is 17.9. The molecular formula is C41H62N4O7. The number of fused-ring (bicyclic) bond motifs is 1. The Hall–Kier alpha value is -3.96. The minimum absolute atomic E-state index is 0. The Morgan fingerprint density at radius 2 is 1.48 bits per heavy atom. The number of aliphatic hydroxyl groups is 1. The monoisotopic (exact) mass is 722 g/mol. The lowest BCUT2D eigenvalue weighted by Crippen LogP contribution is -2.57. The van der Waals surface area contributed by atoms with Crippen molar-refractivity contribution in [2.24, 2.45) is 17.8 Å². The van der Waals surface area contributed by atoms with E-state index in [9.17, 15) is 24.3 Å². The third kappa shape index (κ3) is 14.2. The standard InChI is InChI=1S/C41H60N4O6.H2O/c1-27(2)21-34(40(49)44-33(22-29-13-7-5-8-14-29)36(46)25-39(48)42-26-28(3)4)45-41(50)35(23-30-15-9-6-10-16-30)43-38(47)20-19-32-24-31-17-11-12-18-37(31)51-32;/h6,9-12,15-18,27-29,32-36,46H,5,7-8,13-14,19-26H2,1-4H3,(H,42,48)(H,43,47)(H,44,49)(H,45,50);1H2/t32?,33?,34-,35-,36?;/m0./s1. The van der Waals surface area contributed by atoms with Gasteiger partial charge in [0, 0.05) is 25.8 Å². The van der Waals surface area contributed by atoms with Crippen LogP contribution in [-0.2, 0) is 32.0 Å². The van der Waals surface area contributed by atoms with Crippen molar-refractivity contribution in [3.8, 4) is 5.75 Å². The highest BCUT2D eigenvalue weighted by atomic mass is 16.5. The Balaban J connectivity index is 0.00000729. The number of carbonyl (C=O) groups excluding carboxylic acids is 4. The van der Waals surface area contributed by atoms with Crippen LogP contribution < -0.4 is 26.0 Å². The molecule has 288 valence electrons. The molecule has 4 amide bonds. The van der Waals surface area contributed by atoms with Gasteiger partial charge in [0.05, 0.1) is 18.6 Å². The molecule has 3 unspecified atom stereocenters. The summed E-state index contributed by atoms with van der Waals surface area (Å²) in [6.07, 6.45) is 6.78. The third-order valence-corrected chi connectivity index (χ3v) is 9.89. The number of hydrogen-bond donors (Lipinski definition) is 5. The number of aliphatic hydroxyl groups excluding tert-OH is 1.